The van der Waals surface area contributed by atoms with Gasteiger partial charge in [-0.15, -0.1) is 0 Å². The second-order valence-corrected chi connectivity index (χ2v) is 8.13. The summed E-state index contributed by atoms with van der Waals surface area (Å²) in [5.74, 6) is 0.486. The minimum absolute atomic E-state index is 0.419. The van der Waals surface area contributed by atoms with Gasteiger partial charge >= 0.3 is 0 Å². The largest absolute Gasteiger partial charge is 0.389 e. The monoisotopic (exact) mass is 403 g/mol. The van der Waals surface area contributed by atoms with E-state index in [4.69, 9.17) is 0 Å². The molecule has 1 atom stereocenters. The predicted molar refractivity (Wildman–Crippen MR) is 117 cm³/mol. The van der Waals surface area contributed by atoms with E-state index in [0.29, 0.717) is 12.5 Å². The third kappa shape index (κ3) is 4.64. The van der Waals surface area contributed by atoms with Crippen molar-refractivity contribution in [3.63, 3.8) is 0 Å². The number of aromatic nitrogens is 4. The summed E-state index contributed by atoms with van der Waals surface area (Å²) in [6.07, 6.45) is 4.95. The van der Waals surface area contributed by atoms with Crippen LogP contribution < -0.4 is 5.32 Å². The second-order valence-electron chi connectivity index (χ2n) is 8.13. The fourth-order valence-corrected chi connectivity index (χ4v) is 3.26. The van der Waals surface area contributed by atoms with Crippen LogP contribution in [0.1, 0.15) is 32.4 Å². The van der Waals surface area contributed by atoms with Gasteiger partial charge < -0.3 is 15.5 Å². The average molecular weight is 403 g/mol. The van der Waals surface area contributed by atoms with E-state index in [0.717, 1.165) is 33.3 Å². The molecule has 0 saturated carbocycles. The summed E-state index contributed by atoms with van der Waals surface area (Å²) in [6.45, 7) is 5.67. The van der Waals surface area contributed by atoms with Crippen LogP contribution in [-0.2, 0) is 6.54 Å². The van der Waals surface area contributed by atoms with Gasteiger partial charge in [0.1, 0.15) is 0 Å². The summed E-state index contributed by atoms with van der Waals surface area (Å²) in [4.78, 5) is 9.04. The van der Waals surface area contributed by atoms with Crippen LogP contribution in [0, 0.1) is 0 Å². The Bertz CT molecular complexity index is 1180. The maximum absolute atomic E-state index is 9.99. The molecule has 0 amide bonds. The molecule has 0 aliphatic heterocycles. The summed E-state index contributed by atoms with van der Waals surface area (Å²) < 4.78 is 1.74. The lowest BCUT2D eigenvalue weighted by Gasteiger charge is -2.16. The molecule has 2 aromatic heterocycles. The number of benzene rings is 2. The summed E-state index contributed by atoms with van der Waals surface area (Å²) >= 11 is 0. The summed E-state index contributed by atoms with van der Waals surface area (Å²) in [6, 6.07) is 13.5. The quantitative estimate of drug-likeness (QED) is 0.449. The molecule has 0 aliphatic carbocycles. The third-order valence-corrected chi connectivity index (χ3v) is 4.72. The van der Waals surface area contributed by atoms with Gasteiger partial charge in [0.2, 0.25) is 5.95 Å². The molecule has 2 heterocycles. The first-order chi connectivity index (χ1) is 14.3. The molecule has 7 nitrogen and oxygen atoms in total. The lowest BCUT2D eigenvalue weighted by molar-refractivity contribution is 0.0577. The molecule has 4 aromatic rings. The van der Waals surface area contributed by atoms with Crippen LogP contribution in [0.3, 0.4) is 0 Å². The molecule has 0 saturated heterocycles. The van der Waals surface area contributed by atoms with E-state index in [2.05, 4.69) is 20.4 Å². The van der Waals surface area contributed by atoms with Crippen LogP contribution in [0.5, 0.6) is 0 Å². The normalized spacial score (nSPS) is 12.8. The highest BCUT2D eigenvalue weighted by Gasteiger charge is 2.14. The topological polar surface area (TPSA) is 96.1 Å². The Morgan fingerprint density at radius 2 is 1.93 bits per heavy atom. The zero-order chi connectivity index (χ0) is 21.3. The van der Waals surface area contributed by atoms with Gasteiger partial charge in [-0.25, -0.2) is 9.97 Å². The molecule has 0 radical (unpaired) electrons. The van der Waals surface area contributed by atoms with Crippen LogP contribution >= 0.6 is 0 Å². The van der Waals surface area contributed by atoms with Crippen LogP contribution in [-0.4, -0.2) is 35.6 Å². The van der Waals surface area contributed by atoms with Crippen molar-refractivity contribution in [1.29, 1.82) is 0 Å². The summed E-state index contributed by atoms with van der Waals surface area (Å²) in [5, 5.41) is 28.3. The molecule has 7 heteroatoms. The lowest BCUT2D eigenvalue weighted by Crippen LogP contribution is -2.26. The number of fused-ring (bicyclic) bond motifs is 1. The molecule has 0 aliphatic rings. The molecule has 0 bridgehead atoms. The van der Waals surface area contributed by atoms with Crippen molar-refractivity contribution in [2.24, 2.45) is 0 Å². The van der Waals surface area contributed by atoms with Crippen molar-refractivity contribution in [2.45, 2.75) is 39.0 Å². The Morgan fingerprint density at radius 1 is 1.10 bits per heavy atom. The van der Waals surface area contributed by atoms with E-state index >= 15 is 0 Å². The van der Waals surface area contributed by atoms with E-state index in [1.165, 1.54) is 0 Å². The highest BCUT2D eigenvalue weighted by molar-refractivity contribution is 5.84. The minimum Gasteiger partial charge on any atom is -0.389 e. The molecular weight excluding hydrogens is 378 g/mol. The summed E-state index contributed by atoms with van der Waals surface area (Å²) in [5.41, 5.74) is 3.57. The first-order valence-corrected chi connectivity index (χ1v) is 9.84. The second kappa shape index (κ2) is 7.85. The van der Waals surface area contributed by atoms with E-state index < -0.39 is 11.7 Å². The lowest BCUT2D eigenvalue weighted by atomic mass is 10.1. The zero-order valence-corrected chi connectivity index (χ0v) is 17.2. The van der Waals surface area contributed by atoms with Crippen molar-refractivity contribution in [1.82, 2.24) is 19.7 Å². The number of nitrogens with zero attached hydrogens (tertiary/aromatic N) is 4. The Labute approximate surface area is 175 Å². The van der Waals surface area contributed by atoms with Gasteiger partial charge in [0.05, 0.1) is 30.0 Å². The number of anilines is 2. The number of aliphatic hydroxyl groups is 2. The zero-order valence-electron chi connectivity index (χ0n) is 17.2. The predicted octanol–water partition coefficient (Wildman–Crippen LogP) is 4.06. The Kier molecular flexibility index (Phi) is 5.24. The summed E-state index contributed by atoms with van der Waals surface area (Å²) in [7, 11) is 0. The standard InChI is InChI=1S/C23H25N5O2/c1-15(29)16-5-4-6-20(9-16)26-22-24-11-18-8-7-17(10-21(18)27-22)19-12-25-28(13-19)14-23(2,3)30/h4-13,15,29-30H,14H2,1-3H3,(H,24,26,27). The van der Waals surface area contributed by atoms with Crippen LogP contribution in [0.25, 0.3) is 22.0 Å². The van der Waals surface area contributed by atoms with Gasteiger partial charge in [0.15, 0.2) is 0 Å². The number of nitrogens with one attached hydrogen (secondary N) is 1. The molecule has 1 unspecified atom stereocenters. The highest BCUT2D eigenvalue weighted by atomic mass is 16.3. The SMILES string of the molecule is CC(O)c1cccc(Nc2ncc3ccc(-c4cnn(CC(C)(C)O)c4)cc3n2)c1. The maximum atomic E-state index is 9.99. The number of hydrogen-bond acceptors (Lipinski definition) is 6. The van der Waals surface area contributed by atoms with E-state index in [-0.39, 0.29) is 0 Å². The Morgan fingerprint density at radius 3 is 2.70 bits per heavy atom. The number of aliphatic hydroxyl groups excluding tert-OH is 1. The van der Waals surface area contributed by atoms with Crippen LogP contribution in [0.4, 0.5) is 11.6 Å². The molecule has 4 rings (SSSR count). The highest BCUT2D eigenvalue weighted by Crippen LogP contribution is 2.25. The minimum atomic E-state index is -0.828. The van der Waals surface area contributed by atoms with Crippen molar-refractivity contribution in [3.8, 4) is 11.1 Å². The van der Waals surface area contributed by atoms with Gasteiger partial charge in [0.25, 0.3) is 0 Å². The van der Waals surface area contributed by atoms with Gasteiger partial charge in [-0.1, -0.05) is 24.3 Å². The Hall–Kier alpha value is -3.29. The first-order valence-electron chi connectivity index (χ1n) is 9.84. The van der Waals surface area contributed by atoms with Crippen LogP contribution in [0.2, 0.25) is 0 Å². The van der Waals surface area contributed by atoms with Gasteiger partial charge in [-0.05, 0) is 50.1 Å². The molecule has 2 aromatic carbocycles. The maximum Gasteiger partial charge on any atom is 0.227 e. The number of rotatable bonds is 6. The third-order valence-electron chi connectivity index (χ3n) is 4.72. The van der Waals surface area contributed by atoms with Crippen LogP contribution in [0.15, 0.2) is 61.1 Å². The molecule has 0 fully saturated rings. The molecule has 30 heavy (non-hydrogen) atoms. The molecule has 3 N–H and O–H groups in total. The van der Waals surface area contributed by atoms with Gasteiger partial charge in [0, 0.05) is 29.0 Å². The van der Waals surface area contributed by atoms with E-state index in [1.54, 1.807) is 37.8 Å². The smallest absolute Gasteiger partial charge is 0.227 e. The first kappa shape index (κ1) is 20.0. The fraction of sp³-hybridized carbons (Fsp3) is 0.261. The molecular formula is C23H25N5O2. The van der Waals surface area contributed by atoms with Crippen molar-refractivity contribution in [2.75, 3.05) is 5.32 Å². The van der Waals surface area contributed by atoms with Gasteiger partial charge in [-0.2, -0.15) is 5.10 Å². The van der Waals surface area contributed by atoms with Crippen molar-refractivity contribution >= 4 is 22.5 Å². The fourth-order valence-electron chi connectivity index (χ4n) is 3.26. The molecule has 154 valence electrons. The van der Waals surface area contributed by atoms with Crippen molar-refractivity contribution < 1.29 is 10.2 Å². The van der Waals surface area contributed by atoms with Crippen molar-refractivity contribution in [3.05, 3.63) is 66.6 Å². The van der Waals surface area contributed by atoms with E-state index in [1.807, 2.05) is 48.7 Å². The number of hydrogen-bond donors (Lipinski definition) is 3. The average Bonchev–Trinajstić information content (AvgIpc) is 3.14. The van der Waals surface area contributed by atoms with E-state index in [9.17, 15) is 10.2 Å². The van der Waals surface area contributed by atoms with Gasteiger partial charge in [-0.3, -0.25) is 4.68 Å². The molecule has 0 spiro atoms. The Balaban J connectivity index is 1.61.